The number of aryl methyl sites for hydroxylation is 1. The van der Waals surface area contributed by atoms with Crippen LogP contribution in [0.1, 0.15) is 24.0 Å². The smallest absolute Gasteiger partial charge is 0.0507 e. The minimum absolute atomic E-state index is 0.672. The Morgan fingerprint density at radius 2 is 2.06 bits per heavy atom. The Labute approximate surface area is 103 Å². The van der Waals surface area contributed by atoms with Gasteiger partial charge in [-0.25, -0.2) is 0 Å². The highest BCUT2D eigenvalue weighted by molar-refractivity contribution is 5.30. The largest absolute Gasteiger partial charge is 0.381 e. The Balaban J connectivity index is 1.53. The van der Waals surface area contributed by atoms with Gasteiger partial charge >= 0.3 is 0 Å². The molecular formula is C15H21NO. The van der Waals surface area contributed by atoms with Crippen LogP contribution < -0.4 is 5.32 Å². The molecule has 1 aliphatic carbocycles. The van der Waals surface area contributed by atoms with Crippen molar-refractivity contribution in [2.45, 2.75) is 31.7 Å². The summed E-state index contributed by atoms with van der Waals surface area (Å²) >= 11 is 0. The van der Waals surface area contributed by atoms with Crippen LogP contribution in [0, 0.1) is 5.92 Å². The molecule has 0 amide bonds. The zero-order valence-electron chi connectivity index (χ0n) is 10.3. The minimum Gasteiger partial charge on any atom is -0.381 e. The molecule has 0 spiro atoms. The predicted octanol–water partition coefficient (Wildman–Crippen LogP) is 2.17. The third kappa shape index (κ3) is 2.70. The lowest BCUT2D eigenvalue weighted by Crippen LogP contribution is -2.37. The Kier molecular flexibility index (Phi) is 3.44. The van der Waals surface area contributed by atoms with Crippen molar-refractivity contribution >= 4 is 0 Å². The molecule has 2 atom stereocenters. The summed E-state index contributed by atoms with van der Waals surface area (Å²) in [6.07, 6.45) is 4.94. The zero-order valence-corrected chi connectivity index (χ0v) is 10.3. The summed E-state index contributed by atoms with van der Waals surface area (Å²) in [5.41, 5.74) is 3.09. The highest BCUT2D eigenvalue weighted by Crippen LogP contribution is 2.21. The van der Waals surface area contributed by atoms with E-state index in [1.165, 1.54) is 25.7 Å². The summed E-state index contributed by atoms with van der Waals surface area (Å²) in [5, 5.41) is 3.72. The first-order valence-electron chi connectivity index (χ1n) is 6.80. The molecule has 1 saturated heterocycles. The number of rotatable bonds is 3. The van der Waals surface area contributed by atoms with Crippen LogP contribution in [0.15, 0.2) is 24.3 Å². The van der Waals surface area contributed by atoms with Gasteiger partial charge in [-0.2, -0.15) is 0 Å². The van der Waals surface area contributed by atoms with Crippen LogP contribution in [0.5, 0.6) is 0 Å². The summed E-state index contributed by atoms with van der Waals surface area (Å²) < 4.78 is 5.41. The highest BCUT2D eigenvalue weighted by atomic mass is 16.5. The standard InChI is InChI=1S/C15H21NO/c1-2-4-14-9-15(6-5-13(14)3-1)16-10-12-7-8-17-11-12/h1-4,12,15-16H,5-11H2. The maximum absolute atomic E-state index is 5.41. The normalized spacial score (nSPS) is 28.0. The minimum atomic E-state index is 0.672. The van der Waals surface area contributed by atoms with Gasteiger partial charge in [0.25, 0.3) is 0 Å². The van der Waals surface area contributed by atoms with E-state index in [2.05, 4.69) is 29.6 Å². The van der Waals surface area contributed by atoms with E-state index in [1.54, 1.807) is 11.1 Å². The fourth-order valence-electron chi connectivity index (χ4n) is 2.95. The molecule has 1 aromatic rings. The van der Waals surface area contributed by atoms with Crippen LogP contribution in [0.4, 0.5) is 0 Å². The maximum atomic E-state index is 5.41. The Bertz CT molecular complexity index is 371. The van der Waals surface area contributed by atoms with Gasteiger partial charge in [0.1, 0.15) is 0 Å². The molecule has 1 fully saturated rings. The first kappa shape index (κ1) is 11.2. The number of hydrogen-bond acceptors (Lipinski definition) is 2. The van der Waals surface area contributed by atoms with Crippen molar-refractivity contribution in [3.05, 3.63) is 35.4 Å². The lowest BCUT2D eigenvalue weighted by atomic mass is 9.88. The highest BCUT2D eigenvalue weighted by Gasteiger charge is 2.20. The van der Waals surface area contributed by atoms with Gasteiger partial charge in [-0.15, -0.1) is 0 Å². The summed E-state index contributed by atoms with van der Waals surface area (Å²) in [5.74, 6) is 0.743. The molecule has 1 heterocycles. The third-order valence-corrected chi connectivity index (χ3v) is 4.07. The van der Waals surface area contributed by atoms with Crippen LogP contribution in [0.2, 0.25) is 0 Å². The second kappa shape index (κ2) is 5.19. The molecule has 2 aliphatic rings. The maximum Gasteiger partial charge on any atom is 0.0507 e. The van der Waals surface area contributed by atoms with Gasteiger partial charge in [-0.1, -0.05) is 24.3 Å². The quantitative estimate of drug-likeness (QED) is 0.861. The molecule has 3 rings (SSSR count). The summed E-state index contributed by atoms with van der Waals surface area (Å²) in [7, 11) is 0. The fraction of sp³-hybridized carbons (Fsp3) is 0.600. The summed E-state index contributed by atoms with van der Waals surface area (Å²) in [6, 6.07) is 9.54. The number of fused-ring (bicyclic) bond motifs is 1. The molecule has 92 valence electrons. The van der Waals surface area contributed by atoms with Gasteiger partial charge in [0, 0.05) is 19.2 Å². The lowest BCUT2D eigenvalue weighted by Gasteiger charge is -2.26. The van der Waals surface area contributed by atoms with Gasteiger partial charge in [-0.3, -0.25) is 0 Å². The van der Waals surface area contributed by atoms with Crippen LogP contribution in [0.25, 0.3) is 0 Å². The molecule has 0 radical (unpaired) electrons. The first-order valence-corrected chi connectivity index (χ1v) is 6.80. The molecule has 2 heteroatoms. The summed E-state index contributed by atoms with van der Waals surface area (Å²) in [4.78, 5) is 0. The molecule has 0 saturated carbocycles. The van der Waals surface area contributed by atoms with E-state index >= 15 is 0 Å². The monoisotopic (exact) mass is 231 g/mol. The Morgan fingerprint density at radius 1 is 1.18 bits per heavy atom. The lowest BCUT2D eigenvalue weighted by molar-refractivity contribution is 0.184. The van der Waals surface area contributed by atoms with Gasteiger partial charge in [0.05, 0.1) is 6.61 Å². The number of nitrogens with one attached hydrogen (secondary N) is 1. The van der Waals surface area contributed by atoms with E-state index in [1.807, 2.05) is 0 Å². The molecule has 2 nitrogen and oxygen atoms in total. The van der Waals surface area contributed by atoms with Gasteiger partial charge < -0.3 is 10.1 Å². The number of ether oxygens (including phenoxy) is 1. The Hall–Kier alpha value is -0.860. The fourth-order valence-corrected chi connectivity index (χ4v) is 2.95. The molecular weight excluding hydrogens is 210 g/mol. The van der Waals surface area contributed by atoms with Crippen molar-refractivity contribution in [3.63, 3.8) is 0 Å². The second-order valence-electron chi connectivity index (χ2n) is 5.35. The van der Waals surface area contributed by atoms with E-state index in [-0.39, 0.29) is 0 Å². The van der Waals surface area contributed by atoms with Crippen LogP contribution in [-0.2, 0) is 17.6 Å². The molecule has 1 aromatic carbocycles. The van der Waals surface area contributed by atoms with Gasteiger partial charge in [-0.05, 0) is 42.7 Å². The van der Waals surface area contributed by atoms with E-state index in [4.69, 9.17) is 4.74 Å². The zero-order chi connectivity index (χ0) is 11.5. The second-order valence-corrected chi connectivity index (χ2v) is 5.35. The van der Waals surface area contributed by atoms with Crippen LogP contribution >= 0.6 is 0 Å². The summed E-state index contributed by atoms with van der Waals surface area (Å²) in [6.45, 7) is 3.04. The van der Waals surface area contributed by atoms with Crippen molar-refractivity contribution in [2.24, 2.45) is 5.92 Å². The van der Waals surface area contributed by atoms with E-state index < -0.39 is 0 Å². The molecule has 0 bridgehead atoms. The average Bonchev–Trinajstić information content (AvgIpc) is 2.89. The molecule has 0 aromatic heterocycles. The van der Waals surface area contributed by atoms with Crippen molar-refractivity contribution in [1.82, 2.24) is 5.32 Å². The van der Waals surface area contributed by atoms with E-state index in [0.29, 0.717) is 6.04 Å². The third-order valence-electron chi connectivity index (χ3n) is 4.07. The van der Waals surface area contributed by atoms with E-state index in [0.717, 1.165) is 25.7 Å². The van der Waals surface area contributed by atoms with Gasteiger partial charge in [0.15, 0.2) is 0 Å². The molecule has 1 aliphatic heterocycles. The number of hydrogen-bond donors (Lipinski definition) is 1. The van der Waals surface area contributed by atoms with Crippen LogP contribution in [0.3, 0.4) is 0 Å². The van der Waals surface area contributed by atoms with Crippen molar-refractivity contribution in [3.8, 4) is 0 Å². The van der Waals surface area contributed by atoms with Crippen LogP contribution in [-0.4, -0.2) is 25.8 Å². The number of benzene rings is 1. The first-order chi connectivity index (χ1) is 8.42. The topological polar surface area (TPSA) is 21.3 Å². The molecule has 17 heavy (non-hydrogen) atoms. The molecule has 1 N–H and O–H groups in total. The Morgan fingerprint density at radius 3 is 2.88 bits per heavy atom. The molecule has 2 unspecified atom stereocenters. The van der Waals surface area contributed by atoms with E-state index in [9.17, 15) is 0 Å². The van der Waals surface area contributed by atoms with Crippen molar-refractivity contribution in [1.29, 1.82) is 0 Å². The predicted molar refractivity (Wildman–Crippen MR) is 69.2 cm³/mol. The van der Waals surface area contributed by atoms with Gasteiger partial charge in [0.2, 0.25) is 0 Å². The van der Waals surface area contributed by atoms with Crippen molar-refractivity contribution < 1.29 is 4.74 Å². The SMILES string of the molecule is c1ccc2c(c1)CCC(NCC1CCOC1)C2. The average molecular weight is 231 g/mol. The van der Waals surface area contributed by atoms with Crippen molar-refractivity contribution in [2.75, 3.05) is 19.8 Å².